The molecule has 1 fully saturated rings. The highest BCUT2D eigenvalue weighted by Crippen LogP contribution is 2.40. The van der Waals surface area contributed by atoms with Crippen molar-refractivity contribution in [1.29, 1.82) is 0 Å². The summed E-state index contributed by atoms with van der Waals surface area (Å²) in [6, 6.07) is 8.77. The van der Waals surface area contributed by atoms with Gasteiger partial charge in [0.1, 0.15) is 10.6 Å². The number of carbonyl (C=O) groups is 1. The van der Waals surface area contributed by atoms with Gasteiger partial charge < -0.3 is 14.7 Å². The molecule has 1 aliphatic heterocycles. The molecule has 1 aliphatic rings. The number of sulfonamides is 1. The van der Waals surface area contributed by atoms with Crippen LogP contribution in [0.5, 0.6) is 11.5 Å². The Bertz CT molecular complexity index is 938. The number of rotatable bonds is 5. The maximum absolute atomic E-state index is 12.1. The molecule has 1 heterocycles. The second-order valence-electron chi connectivity index (χ2n) is 5.70. The van der Waals surface area contributed by atoms with Gasteiger partial charge in [0.2, 0.25) is 10.0 Å². The molecule has 1 saturated heterocycles. The molecule has 0 spiro atoms. The van der Waals surface area contributed by atoms with Crippen molar-refractivity contribution < 1.29 is 24.4 Å². The Morgan fingerprint density at radius 2 is 1.88 bits per heavy atom. The number of hydrogen-bond donors (Lipinski definition) is 2. The Morgan fingerprint density at radius 1 is 1.24 bits per heavy atom. The van der Waals surface area contributed by atoms with E-state index in [0.29, 0.717) is 24.5 Å². The van der Waals surface area contributed by atoms with Gasteiger partial charge in [0.15, 0.2) is 5.75 Å². The first kappa shape index (κ1) is 15.9. The first-order valence-electron chi connectivity index (χ1n) is 8.19. The van der Waals surface area contributed by atoms with Gasteiger partial charge in [0, 0.05) is 13.1 Å². The number of para-hydroxylation sites is 1. The summed E-state index contributed by atoms with van der Waals surface area (Å²) in [6.45, 7) is 1.32. The third kappa shape index (κ3) is 3.75. The van der Waals surface area contributed by atoms with Gasteiger partial charge in [-0.2, -0.15) is 0 Å². The van der Waals surface area contributed by atoms with Gasteiger partial charge in [-0.05, 0) is 37.1 Å². The summed E-state index contributed by atoms with van der Waals surface area (Å²) in [5.41, 5.74) is 0.200. The number of anilines is 1. The van der Waals surface area contributed by atoms with E-state index in [0.717, 1.165) is 18.9 Å². The Balaban J connectivity index is 2.20. The van der Waals surface area contributed by atoms with E-state index in [2.05, 4.69) is 0 Å². The Labute approximate surface area is 147 Å². The molecule has 0 radical (unpaired) electrons. The standard InChI is InChI=1S/C17H18N2O5S/c18-25(22,23)15-11-12(17(20)21)10-14(19-8-4-5-9-19)16(15)24-13-6-2-1-3-7-13/h1-3,6-7,10-11H,4-5,8-9H2,(H,20,21)(H2,18,22,23)/i1D. The highest BCUT2D eigenvalue weighted by atomic mass is 32.2. The van der Waals surface area contributed by atoms with E-state index < -0.39 is 16.0 Å². The van der Waals surface area contributed by atoms with Crippen molar-refractivity contribution in [2.24, 2.45) is 5.14 Å². The smallest absolute Gasteiger partial charge is 0.335 e. The molecular formula is C17H18N2O5S. The van der Waals surface area contributed by atoms with E-state index in [9.17, 15) is 18.3 Å². The van der Waals surface area contributed by atoms with E-state index in [1.807, 2.05) is 4.90 Å². The topological polar surface area (TPSA) is 110 Å². The number of primary sulfonamides is 1. The lowest BCUT2D eigenvalue weighted by Gasteiger charge is -2.23. The molecule has 0 bridgehead atoms. The van der Waals surface area contributed by atoms with Crippen LogP contribution in [0.2, 0.25) is 0 Å². The lowest BCUT2D eigenvalue weighted by atomic mass is 10.1. The average molecular weight is 363 g/mol. The average Bonchev–Trinajstić information content (AvgIpc) is 3.10. The van der Waals surface area contributed by atoms with Gasteiger partial charge in [-0.1, -0.05) is 18.2 Å². The minimum atomic E-state index is -4.22. The van der Waals surface area contributed by atoms with Crippen LogP contribution in [0.1, 0.15) is 24.6 Å². The zero-order chi connectivity index (χ0) is 18.9. The quantitative estimate of drug-likeness (QED) is 0.844. The molecular weight excluding hydrogens is 344 g/mol. The molecule has 7 nitrogen and oxygen atoms in total. The summed E-state index contributed by atoms with van der Waals surface area (Å²) in [4.78, 5) is 12.9. The van der Waals surface area contributed by atoms with Gasteiger partial charge in [-0.3, -0.25) is 0 Å². The minimum Gasteiger partial charge on any atom is -0.478 e. The van der Waals surface area contributed by atoms with Crippen molar-refractivity contribution in [2.75, 3.05) is 18.0 Å². The number of aromatic carboxylic acids is 1. The maximum atomic E-state index is 12.1. The fraction of sp³-hybridized carbons (Fsp3) is 0.235. The molecule has 3 N–H and O–H groups in total. The lowest BCUT2D eigenvalue weighted by molar-refractivity contribution is 0.0696. The van der Waals surface area contributed by atoms with E-state index in [1.54, 1.807) is 0 Å². The van der Waals surface area contributed by atoms with Gasteiger partial charge in [0.25, 0.3) is 0 Å². The molecule has 0 saturated carbocycles. The molecule has 3 rings (SSSR count). The van der Waals surface area contributed by atoms with Crippen LogP contribution in [0.25, 0.3) is 0 Å². The van der Waals surface area contributed by atoms with Crippen molar-refractivity contribution in [3.8, 4) is 11.5 Å². The highest BCUT2D eigenvalue weighted by molar-refractivity contribution is 7.89. The van der Waals surface area contributed by atoms with Crippen molar-refractivity contribution in [1.82, 2.24) is 0 Å². The SMILES string of the molecule is [2H]c1ccc(Oc2c(N3CCCC3)cc(C(=O)O)cc2S(N)(=O)=O)cc1. The molecule has 0 aliphatic carbocycles. The normalized spacial score (nSPS) is 15.1. The predicted molar refractivity (Wildman–Crippen MR) is 92.7 cm³/mol. The zero-order valence-corrected chi connectivity index (χ0v) is 14.1. The third-order valence-electron chi connectivity index (χ3n) is 3.94. The van der Waals surface area contributed by atoms with Crippen molar-refractivity contribution in [3.05, 3.63) is 48.0 Å². The van der Waals surface area contributed by atoms with Crippen molar-refractivity contribution in [3.63, 3.8) is 0 Å². The van der Waals surface area contributed by atoms with Gasteiger partial charge in [-0.25, -0.2) is 18.4 Å². The van der Waals surface area contributed by atoms with E-state index in [4.69, 9.17) is 11.2 Å². The second kappa shape index (κ2) is 6.73. The molecule has 0 unspecified atom stereocenters. The summed E-state index contributed by atoms with van der Waals surface area (Å²) in [7, 11) is -4.22. The molecule has 2 aromatic carbocycles. The number of carboxylic acids is 1. The largest absolute Gasteiger partial charge is 0.478 e. The molecule has 25 heavy (non-hydrogen) atoms. The highest BCUT2D eigenvalue weighted by Gasteiger charge is 2.27. The third-order valence-corrected chi connectivity index (χ3v) is 4.86. The number of carboxylic acid groups (broad SMARTS) is 1. The Morgan fingerprint density at radius 3 is 2.44 bits per heavy atom. The summed E-state index contributed by atoms with van der Waals surface area (Å²) in [5, 5.41) is 14.7. The number of nitrogens with zero attached hydrogens (tertiary/aromatic N) is 1. The number of ether oxygens (including phenoxy) is 1. The fourth-order valence-electron chi connectivity index (χ4n) is 2.78. The van der Waals surface area contributed by atoms with Crippen LogP contribution in [-0.2, 0) is 10.0 Å². The fourth-order valence-corrected chi connectivity index (χ4v) is 3.47. The number of nitrogens with two attached hydrogens (primary N) is 1. The molecule has 0 atom stereocenters. The van der Waals surface area contributed by atoms with Crippen LogP contribution in [0.3, 0.4) is 0 Å². The van der Waals surface area contributed by atoms with Crippen LogP contribution >= 0.6 is 0 Å². The number of benzene rings is 2. The first-order chi connectivity index (χ1) is 12.3. The summed E-state index contributed by atoms with van der Waals surface area (Å²) >= 11 is 0. The zero-order valence-electron chi connectivity index (χ0n) is 14.3. The van der Waals surface area contributed by atoms with Crippen LogP contribution in [0.15, 0.2) is 47.3 Å². The summed E-state index contributed by atoms with van der Waals surface area (Å²) in [5.74, 6) is -0.924. The molecule has 8 heteroatoms. The summed E-state index contributed by atoms with van der Waals surface area (Å²) < 4.78 is 37.5. The number of hydrogen-bond acceptors (Lipinski definition) is 5. The van der Waals surface area contributed by atoms with Crippen molar-refractivity contribution >= 4 is 21.7 Å². The predicted octanol–water partition coefficient (Wildman–Crippen LogP) is 2.42. The Kier molecular flexibility index (Phi) is 4.29. The van der Waals surface area contributed by atoms with Gasteiger partial charge in [0.05, 0.1) is 12.6 Å². The minimum absolute atomic E-state index is 0.00266. The molecule has 0 aromatic heterocycles. The maximum Gasteiger partial charge on any atom is 0.335 e. The van der Waals surface area contributed by atoms with Crippen LogP contribution in [0.4, 0.5) is 5.69 Å². The first-order valence-corrected chi connectivity index (χ1v) is 9.24. The lowest BCUT2D eigenvalue weighted by Crippen LogP contribution is -2.21. The second-order valence-corrected chi connectivity index (χ2v) is 7.23. The van der Waals surface area contributed by atoms with Crippen LogP contribution in [-0.4, -0.2) is 32.6 Å². The molecule has 132 valence electrons. The summed E-state index contributed by atoms with van der Waals surface area (Å²) in [6.07, 6.45) is 1.82. The van der Waals surface area contributed by atoms with Crippen LogP contribution in [0, 0.1) is 0 Å². The molecule has 2 aromatic rings. The van der Waals surface area contributed by atoms with Gasteiger partial charge >= 0.3 is 5.97 Å². The van der Waals surface area contributed by atoms with Gasteiger partial charge in [-0.15, -0.1) is 0 Å². The Hall–Kier alpha value is -2.58. The van der Waals surface area contributed by atoms with E-state index >= 15 is 0 Å². The van der Waals surface area contributed by atoms with Crippen molar-refractivity contribution in [2.45, 2.75) is 17.7 Å². The van der Waals surface area contributed by atoms with E-state index in [1.165, 1.54) is 30.3 Å². The monoisotopic (exact) mass is 363 g/mol. The van der Waals surface area contributed by atoms with Crippen LogP contribution < -0.4 is 14.8 Å². The van der Waals surface area contributed by atoms with E-state index in [-0.39, 0.29) is 22.3 Å². The molecule has 0 amide bonds.